The Labute approximate surface area is 210 Å². The second-order valence-electron chi connectivity index (χ2n) is 10.6. The van der Waals surface area contributed by atoms with E-state index in [9.17, 15) is 0 Å². The molecule has 0 unspecified atom stereocenters. The van der Waals surface area contributed by atoms with Gasteiger partial charge < -0.3 is 9.47 Å². The number of rotatable bonds is 5. The van der Waals surface area contributed by atoms with Gasteiger partial charge in [0, 0.05) is 24.6 Å². The van der Waals surface area contributed by atoms with Crippen LogP contribution < -0.4 is 4.74 Å². The van der Waals surface area contributed by atoms with Crippen molar-refractivity contribution in [3.63, 3.8) is 0 Å². The molecule has 0 aliphatic carbocycles. The van der Waals surface area contributed by atoms with Gasteiger partial charge in [0.05, 0.1) is 12.6 Å². The molecule has 2 heterocycles. The van der Waals surface area contributed by atoms with Gasteiger partial charge in [-0.25, -0.2) is 0 Å². The third kappa shape index (κ3) is 5.45. The van der Waals surface area contributed by atoms with Gasteiger partial charge in [-0.15, -0.1) is 0 Å². The van der Waals surface area contributed by atoms with E-state index in [4.69, 9.17) is 9.47 Å². The van der Waals surface area contributed by atoms with Crippen molar-refractivity contribution in [1.29, 1.82) is 0 Å². The monoisotopic (exact) mass is 465 g/mol. The van der Waals surface area contributed by atoms with E-state index in [0.29, 0.717) is 12.5 Å². The van der Waals surface area contributed by atoms with Gasteiger partial charge in [0.2, 0.25) is 0 Å². The SMILES string of the molecule is CC1(C)Oc2ccccc2[C@@H]2O[C@@](C)(C#CCN(Cc3ccccc3)Cc3ccccc3)CC[C@@H]21. The summed E-state index contributed by atoms with van der Waals surface area (Å²) in [4.78, 5) is 2.40. The van der Waals surface area contributed by atoms with Crippen molar-refractivity contribution < 1.29 is 9.47 Å². The Kier molecular flexibility index (Phi) is 6.69. The molecule has 0 amide bonds. The largest absolute Gasteiger partial charge is 0.487 e. The number of fused-ring (bicyclic) bond motifs is 3. The van der Waals surface area contributed by atoms with Gasteiger partial charge in [-0.3, -0.25) is 4.90 Å². The van der Waals surface area contributed by atoms with E-state index in [2.05, 4.69) is 116 Å². The van der Waals surface area contributed by atoms with Crippen LogP contribution in [0.15, 0.2) is 84.9 Å². The van der Waals surface area contributed by atoms with E-state index in [1.54, 1.807) is 0 Å². The maximum atomic E-state index is 6.79. The first kappa shape index (κ1) is 23.7. The highest BCUT2D eigenvalue weighted by molar-refractivity contribution is 5.39. The highest BCUT2D eigenvalue weighted by Crippen LogP contribution is 2.52. The number of ether oxygens (including phenoxy) is 2. The lowest BCUT2D eigenvalue weighted by atomic mass is 9.73. The van der Waals surface area contributed by atoms with Gasteiger partial charge >= 0.3 is 0 Å². The minimum Gasteiger partial charge on any atom is -0.487 e. The normalized spacial score (nSPS) is 24.5. The zero-order valence-corrected chi connectivity index (χ0v) is 21.0. The Balaban J connectivity index is 1.33. The molecule has 3 aromatic rings. The number of hydrogen-bond donors (Lipinski definition) is 0. The maximum absolute atomic E-state index is 6.79. The predicted octanol–water partition coefficient (Wildman–Crippen LogP) is 6.79. The van der Waals surface area contributed by atoms with Crippen molar-refractivity contribution in [2.45, 2.75) is 64.0 Å². The van der Waals surface area contributed by atoms with Crippen molar-refractivity contribution in [2.75, 3.05) is 6.54 Å². The molecule has 1 fully saturated rings. The van der Waals surface area contributed by atoms with Crippen LogP contribution >= 0.6 is 0 Å². The van der Waals surface area contributed by atoms with Crippen LogP contribution in [0.4, 0.5) is 0 Å². The minimum atomic E-state index is -0.465. The minimum absolute atomic E-state index is 0.00717. The van der Waals surface area contributed by atoms with Gasteiger partial charge in [-0.05, 0) is 50.8 Å². The molecular formula is C32H35NO2. The van der Waals surface area contributed by atoms with Crippen molar-refractivity contribution in [3.8, 4) is 17.6 Å². The average molecular weight is 466 g/mol. The zero-order chi connectivity index (χ0) is 24.3. The van der Waals surface area contributed by atoms with Crippen molar-refractivity contribution in [3.05, 3.63) is 102 Å². The second-order valence-corrected chi connectivity index (χ2v) is 10.6. The molecule has 0 bridgehead atoms. The highest BCUT2D eigenvalue weighted by Gasteiger charge is 2.49. The van der Waals surface area contributed by atoms with Crippen LogP contribution in [0.2, 0.25) is 0 Å². The fraction of sp³-hybridized carbons (Fsp3) is 0.375. The summed E-state index contributed by atoms with van der Waals surface area (Å²) in [5.41, 5.74) is 3.03. The molecule has 0 saturated carbocycles. The van der Waals surface area contributed by atoms with Crippen molar-refractivity contribution in [1.82, 2.24) is 4.90 Å². The molecule has 0 aromatic heterocycles. The van der Waals surface area contributed by atoms with E-state index < -0.39 is 5.60 Å². The molecule has 0 spiro atoms. The summed E-state index contributed by atoms with van der Waals surface area (Å²) in [6.07, 6.45) is 1.95. The number of hydrogen-bond acceptors (Lipinski definition) is 3. The van der Waals surface area contributed by atoms with Gasteiger partial charge in [0.25, 0.3) is 0 Å². The lowest BCUT2D eigenvalue weighted by Crippen LogP contribution is -2.50. The van der Waals surface area contributed by atoms with Crippen LogP contribution in [0.25, 0.3) is 0 Å². The topological polar surface area (TPSA) is 21.7 Å². The van der Waals surface area contributed by atoms with Gasteiger partial charge in [0.1, 0.15) is 17.0 Å². The number of para-hydroxylation sites is 1. The quantitative estimate of drug-likeness (QED) is 0.387. The molecule has 2 aliphatic heterocycles. The molecule has 3 atom stereocenters. The number of nitrogens with zero attached hydrogens (tertiary/aromatic N) is 1. The number of benzene rings is 3. The summed E-state index contributed by atoms with van der Waals surface area (Å²) in [7, 11) is 0. The first-order valence-corrected chi connectivity index (χ1v) is 12.7. The summed E-state index contributed by atoms with van der Waals surface area (Å²) < 4.78 is 13.1. The zero-order valence-electron chi connectivity index (χ0n) is 21.0. The maximum Gasteiger partial charge on any atom is 0.126 e. The average Bonchev–Trinajstić information content (AvgIpc) is 2.85. The first-order valence-electron chi connectivity index (χ1n) is 12.7. The highest BCUT2D eigenvalue weighted by atomic mass is 16.5. The van der Waals surface area contributed by atoms with Crippen LogP contribution in [0.1, 0.15) is 56.4 Å². The lowest BCUT2D eigenvalue weighted by Gasteiger charge is -2.50. The molecule has 0 radical (unpaired) electrons. The van der Waals surface area contributed by atoms with Gasteiger partial charge in [-0.1, -0.05) is 90.7 Å². The van der Waals surface area contributed by atoms with E-state index >= 15 is 0 Å². The van der Waals surface area contributed by atoms with E-state index in [-0.39, 0.29) is 11.7 Å². The Morgan fingerprint density at radius 3 is 2.09 bits per heavy atom. The van der Waals surface area contributed by atoms with Crippen molar-refractivity contribution in [2.24, 2.45) is 5.92 Å². The Morgan fingerprint density at radius 2 is 1.43 bits per heavy atom. The van der Waals surface area contributed by atoms with E-state index in [0.717, 1.165) is 37.2 Å². The van der Waals surface area contributed by atoms with Crippen LogP contribution in [-0.2, 0) is 17.8 Å². The fourth-order valence-corrected chi connectivity index (χ4v) is 5.44. The summed E-state index contributed by atoms with van der Waals surface area (Å²) >= 11 is 0. The molecular weight excluding hydrogens is 430 g/mol. The van der Waals surface area contributed by atoms with E-state index in [1.807, 2.05) is 6.07 Å². The Bertz CT molecular complexity index is 1150. The standard InChI is InChI=1S/C32H35NO2/c1-31(2)28-19-21-32(3,35-30(28)27-17-10-11-18-29(27)34-31)20-12-22-33(23-25-13-6-4-7-14-25)24-26-15-8-5-9-16-26/h4-11,13-18,28,30H,19,21-24H2,1-3H3/t28-,30-,32-/m0/s1. The fourth-order valence-electron chi connectivity index (χ4n) is 5.44. The molecule has 3 aromatic carbocycles. The van der Waals surface area contributed by atoms with Gasteiger partial charge in [0.15, 0.2) is 0 Å². The van der Waals surface area contributed by atoms with E-state index in [1.165, 1.54) is 11.1 Å². The van der Waals surface area contributed by atoms with Crippen LogP contribution in [0.3, 0.4) is 0 Å². The third-order valence-electron chi connectivity index (χ3n) is 7.33. The summed E-state index contributed by atoms with van der Waals surface area (Å²) in [5, 5.41) is 0. The summed E-state index contributed by atoms with van der Waals surface area (Å²) in [6.45, 7) is 8.95. The van der Waals surface area contributed by atoms with Gasteiger partial charge in [-0.2, -0.15) is 0 Å². The Hall–Kier alpha value is -3.06. The molecule has 3 nitrogen and oxygen atoms in total. The molecule has 5 rings (SSSR count). The lowest BCUT2D eigenvalue weighted by molar-refractivity contribution is -0.169. The third-order valence-corrected chi connectivity index (χ3v) is 7.33. The molecule has 3 heteroatoms. The second kappa shape index (κ2) is 9.90. The van der Waals surface area contributed by atoms with Crippen LogP contribution in [0.5, 0.6) is 5.75 Å². The first-order chi connectivity index (χ1) is 16.9. The summed E-state index contributed by atoms with van der Waals surface area (Å²) in [5.74, 6) is 8.29. The summed E-state index contributed by atoms with van der Waals surface area (Å²) in [6, 6.07) is 29.6. The molecule has 0 N–H and O–H groups in total. The predicted molar refractivity (Wildman–Crippen MR) is 141 cm³/mol. The molecule has 180 valence electrons. The van der Waals surface area contributed by atoms with Crippen LogP contribution in [-0.4, -0.2) is 22.6 Å². The smallest absolute Gasteiger partial charge is 0.126 e. The Morgan fingerprint density at radius 1 is 0.829 bits per heavy atom. The van der Waals surface area contributed by atoms with Crippen molar-refractivity contribution >= 4 is 0 Å². The molecule has 1 saturated heterocycles. The van der Waals surface area contributed by atoms with Crippen LogP contribution in [0, 0.1) is 17.8 Å². The molecule has 35 heavy (non-hydrogen) atoms. The molecule has 2 aliphatic rings.